The summed E-state index contributed by atoms with van der Waals surface area (Å²) in [7, 11) is 0. The van der Waals surface area contributed by atoms with Gasteiger partial charge in [0.15, 0.2) is 0 Å². The maximum Gasteiger partial charge on any atom is 0.0494 e. The molecule has 18 heavy (non-hydrogen) atoms. The molecule has 0 aromatic heterocycles. The average Bonchev–Trinajstić information content (AvgIpc) is 2.67. The van der Waals surface area contributed by atoms with Gasteiger partial charge in [-0.3, -0.25) is 0 Å². The van der Waals surface area contributed by atoms with E-state index in [9.17, 15) is 0 Å². The summed E-state index contributed by atoms with van der Waals surface area (Å²) in [4.78, 5) is 2.35. The summed E-state index contributed by atoms with van der Waals surface area (Å²) in [6.45, 7) is 1.81. The van der Waals surface area contributed by atoms with Gasteiger partial charge in [0.2, 0.25) is 0 Å². The van der Waals surface area contributed by atoms with Crippen molar-refractivity contribution >= 4 is 21.6 Å². The number of halogens is 1. The lowest BCUT2D eigenvalue weighted by molar-refractivity contribution is 0.720. The first-order valence-corrected chi connectivity index (χ1v) is 6.87. The van der Waals surface area contributed by atoms with Crippen LogP contribution < -0.4 is 10.6 Å². The number of nitrogens with zero attached hydrogens (tertiary/aromatic N) is 1. The summed E-state index contributed by atoms with van der Waals surface area (Å²) in [5.74, 6) is 0. The Morgan fingerprint density at radius 3 is 2.72 bits per heavy atom. The van der Waals surface area contributed by atoms with Crippen LogP contribution in [-0.2, 0) is 6.54 Å². The van der Waals surface area contributed by atoms with Gasteiger partial charge in [-0.05, 0) is 29.3 Å². The summed E-state index contributed by atoms with van der Waals surface area (Å²) in [6, 6.07) is 17.0. The third-order valence-corrected chi connectivity index (χ3v) is 3.86. The third kappa shape index (κ3) is 2.16. The first-order chi connectivity index (χ1) is 8.74. The SMILES string of the molecule is N[C@@H]1CN(Cc2ccccc2)c2ccc(Br)cc21. The normalized spacial score (nSPS) is 17.9. The van der Waals surface area contributed by atoms with E-state index in [1.807, 2.05) is 6.07 Å². The second-order valence-corrected chi connectivity index (χ2v) is 5.59. The zero-order chi connectivity index (χ0) is 12.5. The Kier molecular flexibility index (Phi) is 3.10. The monoisotopic (exact) mass is 302 g/mol. The van der Waals surface area contributed by atoms with E-state index >= 15 is 0 Å². The number of fused-ring (bicyclic) bond motifs is 1. The molecule has 0 fully saturated rings. The lowest BCUT2D eigenvalue weighted by Crippen LogP contribution is -2.23. The van der Waals surface area contributed by atoms with Gasteiger partial charge >= 0.3 is 0 Å². The van der Waals surface area contributed by atoms with Crippen LogP contribution in [-0.4, -0.2) is 6.54 Å². The summed E-state index contributed by atoms with van der Waals surface area (Å²) >= 11 is 3.51. The molecule has 0 aliphatic carbocycles. The number of nitrogens with two attached hydrogens (primary N) is 1. The van der Waals surface area contributed by atoms with Crippen LogP contribution in [0.5, 0.6) is 0 Å². The van der Waals surface area contributed by atoms with Crippen molar-refractivity contribution in [3.63, 3.8) is 0 Å². The number of hydrogen-bond acceptors (Lipinski definition) is 2. The maximum absolute atomic E-state index is 6.20. The van der Waals surface area contributed by atoms with Crippen LogP contribution in [0.25, 0.3) is 0 Å². The lowest BCUT2D eigenvalue weighted by atomic mass is 10.1. The van der Waals surface area contributed by atoms with E-state index in [2.05, 4.69) is 63.3 Å². The molecule has 1 heterocycles. The first kappa shape index (κ1) is 11.8. The molecule has 2 aromatic carbocycles. The molecule has 2 aromatic rings. The molecule has 0 spiro atoms. The fraction of sp³-hybridized carbons (Fsp3) is 0.200. The van der Waals surface area contributed by atoms with Crippen LogP contribution in [0.15, 0.2) is 53.0 Å². The predicted octanol–water partition coefficient (Wildman–Crippen LogP) is 3.47. The minimum atomic E-state index is 0.112. The Labute approximate surface area is 116 Å². The van der Waals surface area contributed by atoms with E-state index in [-0.39, 0.29) is 6.04 Å². The third-order valence-electron chi connectivity index (χ3n) is 3.36. The van der Waals surface area contributed by atoms with Gasteiger partial charge in [-0.2, -0.15) is 0 Å². The highest BCUT2D eigenvalue weighted by molar-refractivity contribution is 9.10. The van der Waals surface area contributed by atoms with Crippen LogP contribution in [0.2, 0.25) is 0 Å². The minimum absolute atomic E-state index is 0.112. The highest BCUT2D eigenvalue weighted by Crippen LogP contribution is 2.36. The molecule has 2 N–H and O–H groups in total. The van der Waals surface area contributed by atoms with E-state index in [1.54, 1.807) is 0 Å². The fourth-order valence-corrected chi connectivity index (χ4v) is 2.88. The van der Waals surface area contributed by atoms with Gasteiger partial charge in [0.05, 0.1) is 0 Å². The fourth-order valence-electron chi connectivity index (χ4n) is 2.50. The molecule has 1 atom stereocenters. The smallest absolute Gasteiger partial charge is 0.0494 e. The Morgan fingerprint density at radius 1 is 1.17 bits per heavy atom. The van der Waals surface area contributed by atoms with Gasteiger partial charge in [0.1, 0.15) is 0 Å². The molecule has 1 aliphatic heterocycles. The minimum Gasteiger partial charge on any atom is -0.365 e. The van der Waals surface area contributed by atoms with Gasteiger partial charge in [-0.25, -0.2) is 0 Å². The number of anilines is 1. The van der Waals surface area contributed by atoms with E-state index in [0.29, 0.717) is 0 Å². The topological polar surface area (TPSA) is 29.3 Å². The summed E-state index contributed by atoms with van der Waals surface area (Å²) in [6.07, 6.45) is 0. The largest absolute Gasteiger partial charge is 0.365 e. The van der Waals surface area contributed by atoms with Crippen molar-refractivity contribution in [3.8, 4) is 0 Å². The molecule has 92 valence electrons. The second-order valence-electron chi connectivity index (χ2n) is 4.68. The molecular weight excluding hydrogens is 288 g/mol. The predicted molar refractivity (Wildman–Crippen MR) is 78.6 cm³/mol. The van der Waals surface area contributed by atoms with Crippen molar-refractivity contribution < 1.29 is 0 Å². The number of benzene rings is 2. The standard InChI is InChI=1S/C15H15BrN2/c16-12-6-7-15-13(8-12)14(17)10-18(15)9-11-4-2-1-3-5-11/h1-8,14H,9-10,17H2/t14-/m1/s1. The Hall–Kier alpha value is -1.32. The average molecular weight is 303 g/mol. The highest BCUT2D eigenvalue weighted by atomic mass is 79.9. The highest BCUT2D eigenvalue weighted by Gasteiger charge is 2.25. The zero-order valence-corrected chi connectivity index (χ0v) is 11.6. The molecule has 0 bridgehead atoms. The molecule has 3 heteroatoms. The van der Waals surface area contributed by atoms with Crippen molar-refractivity contribution in [2.75, 3.05) is 11.4 Å². The molecule has 1 aliphatic rings. The molecule has 0 unspecified atom stereocenters. The lowest BCUT2D eigenvalue weighted by Gasteiger charge is -2.19. The molecular formula is C15H15BrN2. The van der Waals surface area contributed by atoms with E-state index < -0.39 is 0 Å². The molecule has 0 saturated carbocycles. The van der Waals surface area contributed by atoms with Crippen molar-refractivity contribution in [2.45, 2.75) is 12.6 Å². The van der Waals surface area contributed by atoms with E-state index in [1.165, 1.54) is 16.8 Å². The Morgan fingerprint density at radius 2 is 1.94 bits per heavy atom. The molecule has 0 radical (unpaired) electrons. The van der Waals surface area contributed by atoms with Crippen LogP contribution in [0, 0.1) is 0 Å². The zero-order valence-electron chi connectivity index (χ0n) is 10.0. The van der Waals surface area contributed by atoms with Gasteiger partial charge < -0.3 is 10.6 Å². The van der Waals surface area contributed by atoms with Gasteiger partial charge in [-0.15, -0.1) is 0 Å². The van der Waals surface area contributed by atoms with Gasteiger partial charge in [0.25, 0.3) is 0 Å². The van der Waals surface area contributed by atoms with Gasteiger partial charge in [-0.1, -0.05) is 46.3 Å². The molecule has 0 saturated heterocycles. The van der Waals surface area contributed by atoms with E-state index in [4.69, 9.17) is 5.73 Å². The van der Waals surface area contributed by atoms with Gasteiger partial charge in [0, 0.05) is 29.3 Å². The first-order valence-electron chi connectivity index (χ1n) is 6.08. The Bertz CT molecular complexity index is 554. The Balaban J connectivity index is 1.89. The summed E-state index contributed by atoms with van der Waals surface area (Å²) in [5.41, 5.74) is 10.0. The van der Waals surface area contributed by atoms with Crippen LogP contribution in [0.1, 0.15) is 17.2 Å². The van der Waals surface area contributed by atoms with Crippen molar-refractivity contribution in [3.05, 3.63) is 64.1 Å². The van der Waals surface area contributed by atoms with Crippen molar-refractivity contribution in [2.24, 2.45) is 5.73 Å². The van der Waals surface area contributed by atoms with Crippen LogP contribution in [0.4, 0.5) is 5.69 Å². The molecule has 0 amide bonds. The van der Waals surface area contributed by atoms with Crippen LogP contribution >= 0.6 is 15.9 Å². The summed E-state index contributed by atoms with van der Waals surface area (Å²) < 4.78 is 1.10. The van der Waals surface area contributed by atoms with E-state index in [0.717, 1.165) is 17.6 Å². The summed E-state index contributed by atoms with van der Waals surface area (Å²) in [5, 5.41) is 0. The number of rotatable bonds is 2. The van der Waals surface area contributed by atoms with Crippen molar-refractivity contribution in [1.82, 2.24) is 0 Å². The van der Waals surface area contributed by atoms with Crippen LogP contribution in [0.3, 0.4) is 0 Å². The maximum atomic E-state index is 6.20. The quantitative estimate of drug-likeness (QED) is 0.920. The van der Waals surface area contributed by atoms with Crippen molar-refractivity contribution in [1.29, 1.82) is 0 Å². The molecule has 2 nitrogen and oxygen atoms in total. The number of hydrogen-bond donors (Lipinski definition) is 1. The molecule has 3 rings (SSSR count). The second kappa shape index (κ2) is 4.75.